The van der Waals surface area contributed by atoms with E-state index in [1.807, 2.05) is 32.0 Å². The summed E-state index contributed by atoms with van der Waals surface area (Å²) in [6.45, 7) is 7.45. The normalized spacial score (nSPS) is 14.6. The molecule has 102 valence electrons. The van der Waals surface area contributed by atoms with Crippen molar-refractivity contribution in [1.82, 2.24) is 0 Å². The van der Waals surface area contributed by atoms with E-state index in [9.17, 15) is 8.42 Å². The fraction of sp³-hybridized carbons (Fsp3) is 0.571. The molecule has 0 aliphatic heterocycles. The van der Waals surface area contributed by atoms with Crippen LogP contribution in [0, 0.1) is 13.8 Å². The van der Waals surface area contributed by atoms with Gasteiger partial charge in [-0.1, -0.05) is 18.2 Å². The van der Waals surface area contributed by atoms with Crippen molar-refractivity contribution in [2.75, 3.05) is 6.26 Å². The molecule has 3 nitrogen and oxygen atoms in total. The third-order valence-corrected chi connectivity index (χ3v) is 6.13. The Hall–Kier alpha value is -0.870. The van der Waals surface area contributed by atoms with Gasteiger partial charge in [0, 0.05) is 12.3 Å². The fourth-order valence-electron chi connectivity index (χ4n) is 1.91. The third-order valence-electron chi connectivity index (χ3n) is 3.92. The van der Waals surface area contributed by atoms with E-state index in [0.717, 1.165) is 16.7 Å². The lowest BCUT2D eigenvalue weighted by Crippen LogP contribution is -2.50. The zero-order valence-electron chi connectivity index (χ0n) is 11.8. The molecule has 1 aromatic carbocycles. The first-order valence-electron chi connectivity index (χ1n) is 6.07. The predicted molar refractivity (Wildman–Crippen MR) is 76.5 cm³/mol. The van der Waals surface area contributed by atoms with Gasteiger partial charge in [0.1, 0.15) is 0 Å². The molecule has 1 rings (SSSR count). The maximum atomic E-state index is 11.8. The van der Waals surface area contributed by atoms with E-state index in [1.165, 1.54) is 6.26 Å². The molecule has 0 bridgehead atoms. The summed E-state index contributed by atoms with van der Waals surface area (Å²) in [5, 5.41) is 0. The van der Waals surface area contributed by atoms with E-state index in [-0.39, 0.29) is 0 Å². The van der Waals surface area contributed by atoms with Crippen LogP contribution in [0.5, 0.6) is 0 Å². The lowest BCUT2D eigenvalue weighted by molar-refractivity contribution is 0.481. The summed E-state index contributed by atoms with van der Waals surface area (Å²) < 4.78 is 22.6. The molecular formula is C14H23NO2S. The lowest BCUT2D eigenvalue weighted by Gasteiger charge is -2.30. The molecule has 0 spiro atoms. The van der Waals surface area contributed by atoms with Crippen LogP contribution >= 0.6 is 0 Å². The Kier molecular flexibility index (Phi) is 4.23. The van der Waals surface area contributed by atoms with E-state index in [0.29, 0.717) is 6.42 Å². The maximum absolute atomic E-state index is 11.8. The van der Waals surface area contributed by atoms with Crippen LogP contribution < -0.4 is 5.73 Å². The fourth-order valence-corrected chi connectivity index (χ4v) is 2.54. The zero-order valence-corrected chi connectivity index (χ0v) is 12.6. The molecule has 18 heavy (non-hydrogen) atoms. The molecule has 0 fully saturated rings. The Balaban J connectivity index is 3.06. The quantitative estimate of drug-likeness (QED) is 0.909. The van der Waals surface area contributed by atoms with Gasteiger partial charge in [-0.15, -0.1) is 0 Å². The summed E-state index contributed by atoms with van der Waals surface area (Å²) in [5.74, 6) is 0. The molecule has 0 radical (unpaired) electrons. The van der Waals surface area contributed by atoms with E-state index in [1.54, 1.807) is 13.8 Å². The number of hydrogen-bond acceptors (Lipinski definition) is 3. The van der Waals surface area contributed by atoms with Gasteiger partial charge in [0.2, 0.25) is 0 Å². The molecule has 0 aromatic heterocycles. The second-order valence-electron chi connectivity index (χ2n) is 5.56. The Bertz CT molecular complexity index is 512. The van der Waals surface area contributed by atoms with Crippen LogP contribution in [-0.4, -0.2) is 25.5 Å². The van der Waals surface area contributed by atoms with E-state index in [4.69, 9.17) is 5.73 Å². The molecule has 2 N–H and O–H groups in total. The molecule has 1 aromatic rings. The van der Waals surface area contributed by atoms with Gasteiger partial charge < -0.3 is 5.73 Å². The van der Waals surface area contributed by atoms with Crippen LogP contribution in [0.15, 0.2) is 18.2 Å². The van der Waals surface area contributed by atoms with Gasteiger partial charge in [-0.25, -0.2) is 8.42 Å². The van der Waals surface area contributed by atoms with Gasteiger partial charge in [-0.05, 0) is 50.8 Å². The smallest absolute Gasteiger partial charge is 0.154 e. The average Bonchev–Trinajstić information content (AvgIpc) is 2.21. The highest BCUT2D eigenvalue weighted by Crippen LogP contribution is 2.24. The molecule has 0 heterocycles. The summed E-state index contributed by atoms with van der Waals surface area (Å²) >= 11 is 0. The average molecular weight is 269 g/mol. The number of nitrogens with two attached hydrogens (primary N) is 1. The van der Waals surface area contributed by atoms with Gasteiger partial charge >= 0.3 is 0 Å². The van der Waals surface area contributed by atoms with E-state index in [2.05, 4.69) is 0 Å². The summed E-state index contributed by atoms with van der Waals surface area (Å²) in [6.07, 6.45) is 1.83. The van der Waals surface area contributed by atoms with Crippen LogP contribution in [0.25, 0.3) is 0 Å². The lowest BCUT2D eigenvalue weighted by atomic mass is 9.91. The van der Waals surface area contributed by atoms with E-state index < -0.39 is 20.6 Å². The summed E-state index contributed by atoms with van der Waals surface area (Å²) in [4.78, 5) is 0. The van der Waals surface area contributed by atoms with E-state index >= 15 is 0 Å². The minimum Gasteiger partial charge on any atom is -0.326 e. The van der Waals surface area contributed by atoms with Crippen molar-refractivity contribution in [3.05, 3.63) is 34.9 Å². The number of benzene rings is 1. The van der Waals surface area contributed by atoms with Crippen LogP contribution in [0.2, 0.25) is 0 Å². The first-order valence-corrected chi connectivity index (χ1v) is 7.96. The molecule has 0 aliphatic carbocycles. The minimum absolute atomic E-state index is 0.410. The number of rotatable bonds is 4. The third kappa shape index (κ3) is 2.93. The van der Waals surface area contributed by atoms with Gasteiger partial charge in [0.15, 0.2) is 9.84 Å². The van der Waals surface area contributed by atoms with Crippen molar-refractivity contribution in [2.24, 2.45) is 5.73 Å². The van der Waals surface area contributed by atoms with Gasteiger partial charge in [-0.2, -0.15) is 0 Å². The van der Waals surface area contributed by atoms with Crippen molar-refractivity contribution in [3.63, 3.8) is 0 Å². The van der Waals surface area contributed by atoms with Crippen molar-refractivity contribution in [3.8, 4) is 0 Å². The number of aryl methyl sites for hydroxylation is 2. The molecule has 1 atom stereocenters. The van der Waals surface area contributed by atoms with Crippen molar-refractivity contribution >= 4 is 9.84 Å². The van der Waals surface area contributed by atoms with Crippen LogP contribution in [0.3, 0.4) is 0 Å². The maximum Gasteiger partial charge on any atom is 0.154 e. The van der Waals surface area contributed by atoms with Gasteiger partial charge in [0.25, 0.3) is 0 Å². The Morgan fingerprint density at radius 3 is 2.06 bits per heavy atom. The Labute approximate surface area is 110 Å². The number of hydrogen-bond donors (Lipinski definition) is 1. The van der Waals surface area contributed by atoms with Gasteiger partial charge in [-0.3, -0.25) is 0 Å². The topological polar surface area (TPSA) is 60.2 Å². The van der Waals surface area contributed by atoms with Gasteiger partial charge in [0.05, 0.1) is 4.75 Å². The van der Waals surface area contributed by atoms with Crippen molar-refractivity contribution in [1.29, 1.82) is 0 Å². The van der Waals surface area contributed by atoms with Crippen LogP contribution in [0.1, 0.15) is 30.5 Å². The molecule has 0 saturated heterocycles. The molecule has 0 saturated carbocycles. The Morgan fingerprint density at radius 2 is 1.67 bits per heavy atom. The summed E-state index contributed by atoms with van der Waals surface area (Å²) in [6, 6.07) is 5.65. The minimum atomic E-state index is -3.17. The highest BCUT2D eigenvalue weighted by atomic mass is 32.2. The second-order valence-corrected chi connectivity index (χ2v) is 8.15. The number of sulfone groups is 1. The molecular weight excluding hydrogens is 246 g/mol. The Morgan fingerprint density at radius 1 is 1.22 bits per heavy atom. The van der Waals surface area contributed by atoms with Crippen molar-refractivity contribution < 1.29 is 8.42 Å². The second kappa shape index (κ2) is 5.02. The first kappa shape index (κ1) is 15.2. The van der Waals surface area contributed by atoms with Crippen LogP contribution in [-0.2, 0) is 16.3 Å². The SMILES string of the molecule is Cc1cccc(C)c1CC(N)C(C)(C)S(C)(=O)=O. The molecule has 1 unspecified atom stereocenters. The zero-order chi connectivity index (χ0) is 14.1. The summed E-state index contributed by atoms with van der Waals surface area (Å²) in [5.41, 5.74) is 9.61. The standard InChI is InChI=1S/C14H23NO2S/c1-10-7-6-8-11(2)12(10)9-13(15)14(3,4)18(5,16)17/h6-8,13H,9,15H2,1-5H3. The van der Waals surface area contributed by atoms with Crippen LogP contribution in [0.4, 0.5) is 0 Å². The molecule has 0 aliphatic rings. The highest BCUT2D eigenvalue weighted by molar-refractivity contribution is 7.92. The summed E-state index contributed by atoms with van der Waals surface area (Å²) in [7, 11) is -3.17. The highest BCUT2D eigenvalue weighted by Gasteiger charge is 2.37. The predicted octanol–water partition coefficient (Wildman–Crippen LogP) is 2.00. The van der Waals surface area contributed by atoms with Crippen molar-refractivity contribution in [2.45, 2.75) is 44.9 Å². The molecule has 0 amide bonds. The molecule has 4 heteroatoms. The largest absolute Gasteiger partial charge is 0.326 e. The first-order chi connectivity index (χ1) is 8.07. The monoisotopic (exact) mass is 269 g/mol.